The van der Waals surface area contributed by atoms with Crippen molar-refractivity contribution < 1.29 is 0 Å². The SMILES string of the molecule is CC(N)=NN.CC(N)=NN.c1ccc(Cc2ccccc2)cc1. The van der Waals surface area contributed by atoms with Crippen LogP contribution in [-0.2, 0) is 6.42 Å². The normalized spacial score (nSPS) is 10.7. The van der Waals surface area contributed by atoms with Crippen molar-refractivity contribution in [2.24, 2.45) is 33.4 Å². The minimum absolute atomic E-state index is 0.407. The molecule has 0 spiro atoms. The summed E-state index contributed by atoms with van der Waals surface area (Å²) in [5.41, 5.74) is 12.6. The molecule has 6 nitrogen and oxygen atoms in total. The molecule has 0 saturated heterocycles. The molecule has 8 N–H and O–H groups in total. The van der Waals surface area contributed by atoms with Crippen LogP contribution in [0.4, 0.5) is 0 Å². The summed E-state index contributed by atoms with van der Waals surface area (Å²) < 4.78 is 0. The largest absolute Gasteiger partial charge is 0.386 e. The summed E-state index contributed by atoms with van der Waals surface area (Å²) >= 11 is 0. The van der Waals surface area contributed by atoms with Crippen LogP contribution in [0.1, 0.15) is 25.0 Å². The van der Waals surface area contributed by atoms with Crippen molar-refractivity contribution in [3.63, 3.8) is 0 Å². The molecule has 0 aliphatic carbocycles. The number of benzene rings is 2. The highest BCUT2D eigenvalue weighted by atomic mass is 15.1. The first-order valence-electron chi connectivity index (χ1n) is 7.07. The van der Waals surface area contributed by atoms with Gasteiger partial charge in [0.2, 0.25) is 0 Å². The van der Waals surface area contributed by atoms with Gasteiger partial charge in [-0.25, -0.2) is 0 Å². The Morgan fingerprint density at radius 2 is 0.957 bits per heavy atom. The third-order valence-electron chi connectivity index (χ3n) is 2.50. The van der Waals surface area contributed by atoms with Crippen LogP contribution in [-0.4, -0.2) is 11.7 Å². The summed E-state index contributed by atoms with van der Waals surface area (Å²) in [5, 5.41) is 6.17. The van der Waals surface area contributed by atoms with Gasteiger partial charge in [-0.3, -0.25) is 0 Å². The van der Waals surface area contributed by atoms with Gasteiger partial charge < -0.3 is 23.2 Å². The van der Waals surface area contributed by atoms with Gasteiger partial charge in [0.15, 0.2) is 0 Å². The number of hydrogen-bond acceptors (Lipinski definition) is 4. The van der Waals surface area contributed by atoms with Gasteiger partial charge >= 0.3 is 0 Å². The molecule has 0 fully saturated rings. The maximum atomic E-state index is 4.92. The van der Waals surface area contributed by atoms with E-state index in [0.717, 1.165) is 6.42 Å². The zero-order valence-electron chi connectivity index (χ0n) is 13.7. The van der Waals surface area contributed by atoms with Gasteiger partial charge in [0, 0.05) is 0 Å². The predicted octanol–water partition coefficient (Wildman–Crippen LogP) is 1.75. The molecular formula is C17H26N6. The van der Waals surface area contributed by atoms with Crippen LogP contribution >= 0.6 is 0 Å². The van der Waals surface area contributed by atoms with Gasteiger partial charge in [-0.05, 0) is 31.4 Å². The molecular weight excluding hydrogens is 288 g/mol. The van der Waals surface area contributed by atoms with E-state index in [1.807, 2.05) is 0 Å². The van der Waals surface area contributed by atoms with Gasteiger partial charge in [0.1, 0.15) is 11.7 Å². The van der Waals surface area contributed by atoms with E-state index in [-0.39, 0.29) is 0 Å². The fourth-order valence-corrected chi connectivity index (χ4v) is 1.43. The van der Waals surface area contributed by atoms with E-state index in [2.05, 4.69) is 82.6 Å². The third kappa shape index (κ3) is 12.4. The Labute approximate surface area is 137 Å². The predicted molar refractivity (Wildman–Crippen MR) is 98.7 cm³/mol. The molecule has 0 aromatic heterocycles. The fourth-order valence-electron chi connectivity index (χ4n) is 1.43. The molecule has 0 aliphatic heterocycles. The first-order valence-corrected chi connectivity index (χ1v) is 7.07. The Balaban J connectivity index is 0.000000406. The molecule has 0 atom stereocenters. The van der Waals surface area contributed by atoms with Crippen molar-refractivity contribution in [1.82, 2.24) is 0 Å². The number of rotatable bonds is 2. The minimum Gasteiger partial charge on any atom is -0.386 e. The Morgan fingerprint density at radius 3 is 1.17 bits per heavy atom. The zero-order chi connectivity index (χ0) is 17.5. The van der Waals surface area contributed by atoms with Gasteiger partial charge in [0.05, 0.1) is 0 Å². The topological polar surface area (TPSA) is 129 Å². The molecule has 0 saturated carbocycles. The van der Waals surface area contributed by atoms with E-state index >= 15 is 0 Å². The molecule has 0 unspecified atom stereocenters. The number of nitrogens with two attached hydrogens (primary N) is 4. The average Bonchev–Trinajstić information content (AvgIpc) is 2.58. The van der Waals surface area contributed by atoms with Gasteiger partial charge in [-0.15, -0.1) is 0 Å². The summed E-state index contributed by atoms with van der Waals surface area (Å²) in [6.45, 7) is 3.25. The molecule has 124 valence electrons. The van der Waals surface area contributed by atoms with Crippen molar-refractivity contribution >= 4 is 11.7 Å². The summed E-state index contributed by atoms with van der Waals surface area (Å²) in [4.78, 5) is 0. The number of nitrogens with zero attached hydrogens (tertiary/aromatic N) is 2. The molecule has 0 aliphatic rings. The Morgan fingerprint density at radius 1 is 0.696 bits per heavy atom. The minimum atomic E-state index is 0.407. The molecule has 2 rings (SSSR count). The molecule has 0 bridgehead atoms. The highest BCUT2D eigenvalue weighted by Crippen LogP contribution is 2.07. The van der Waals surface area contributed by atoms with Crippen molar-refractivity contribution in [2.75, 3.05) is 0 Å². The lowest BCUT2D eigenvalue weighted by Crippen LogP contribution is -2.07. The van der Waals surface area contributed by atoms with Crippen LogP contribution in [0, 0.1) is 0 Å². The number of amidine groups is 2. The second-order valence-corrected chi connectivity index (χ2v) is 4.69. The highest BCUT2D eigenvalue weighted by molar-refractivity contribution is 5.77. The summed E-state index contributed by atoms with van der Waals surface area (Å²) in [6, 6.07) is 21.1. The maximum absolute atomic E-state index is 4.92. The van der Waals surface area contributed by atoms with Gasteiger partial charge in [-0.1, -0.05) is 60.7 Å². The molecule has 0 radical (unpaired) electrons. The van der Waals surface area contributed by atoms with Crippen LogP contribution in [0.15, 0.2) is 70.9 Å². The van der Waals surface area contributed by atoms with Crippen LogP contribution < -0.4 is 23.2 Å². The first kappa shape index (κ1) is 20.0. The molecule has 6 heteroatoms. The van der Waals surface area contributed by atoms with Crippen molar-refractivity contribution in [3.05, 3.63) is 71.8 Å². The summed E-state index contributed by atoms with van der Waals surface area (Å²) in [7, 11) is 0. The Hall–Kier alpha value is -3.02. The van der Waals surface area contributed by atoms with Crippen LogP contribution in [0.25, 0.3) is 0 Å². The lowest BCUT2D eigenvalue weighted by molar-refractivity contribution is 1.19. The smallest absolute Gasteiger partial charge is 0.116 e. The van der Waals surface area contributed by atoms with E-state index in [4.69, 9.17) is 11.5 Å². The Bertz CT molecular complexity index is 517. The van der Waals surface area contributed by atoms with Crippen LogP contribution in [0.2, 0.25) is 0 Å². The van der Waals surface area contributed by atoms with Crippen LogP contribution in [0.3, 0.4) is 0 Å². The zero-order valence-corrected chi connectivity index (χ0v) is 13.7. The molecule has 2 aromatic rings. The lowest BCUT2D eigenvalue weighted by Gasteiger charge is -2.00. The van der Waals surface area contributed by atoms with E-state index in [9.17, 15) is 0 Å². The van der Waals surface area contributed by atoms with Crippen molar-refractivity contribution in [2.45, 2.75) is 20.3 Å². The van der Waals surface area contributed by atoms with Crippen molar-refractivity contribution in [1.29, 1.82) is 0 Å². The first-order chi connectivity index (χ1) is 11.0. The van der Waals surface area contributed by atoms with E-state index < -0.39 is 0 Å². The highest BCUT2D eigenvalue weighted by Gasteiger charge is 1.92. The van der Waals surface area contributed by atoms with E-state index in [1.165, 1.54) is 11.1 Å². The maximum Gasteiger partial charge on any atom is 0.116 e. The van der Waals surface area contributed by atoms with Crippen LogP contribution in [0.5, 0.6) is 0 Å². The quantitative estimate of drug-likeness (QED) is 0.291. The molecule has 2 aromatic carbocycles. The van der Waals surface area contributed by atoms with Gasteiger partial charge in [0.25, 0.3) is 0 Å². The monoisotopic (exact) mass is 314 g/mol. The van der Waals surface area contributed by atoms with E-state index in [0.29, 0.717) is 11.7 Å². The van der Waals surface area contributed by atoms with Crippen molar-refractivity contribution in [3.8, 4) is 0 Å². The standard InChI is InChI=1S/C13H12.2C2H7N3/c1-3-7-12(8-4-1)11-13-9-5-2-6-10-13;2*1-2(3)5-4/h1-10H,11H2;2*4H2,1H3,(H2,3,5). The average molecular weight is 314 g/mol. The molecule has 0 amide bonds. The third-order valence-corrected chi connectivity index (χ3v) is 2.50. The van der Waals surface area contributed by atoms with Gasteiger partial charge in [-0.2, -0.15) is 10.2 Å². The molecule has 23 heavy (non-hydrogen) atoms. The summed E-state index contributed by atoms with van der Waals surface area (Å²) in [5.74, 6) is 10.1. The second-order valence-electron chi connectivity index (χ2n) is 4.69. The second kappa shape index (κ2) is 12.7. The fraction of sp³-hybridized carbons (Fsp3) is 0.176. The Kier molecular flexibility index (Phi) is 11.0. The molecule has 0 heterocycles. The van der Waals surface area contributed by atoms with E-state index in [1.54, 1.807) is 13.8 Å². The summed E-state index contributed by atoms with van der Waals surface area (Å²) in [6.07, 6.45) is 1.03. The lowest BCUT2D eigenvalue weighted by atomic mass is 10.1. The number of hydrazone groups is 2. The number of hydrogen-bond donors (Lipinski definition) is 4.